The standard InChI is InChI=1S/C19H23NO5.CH4O/c1-12-10-14(24-2)17(19(23)20-7-4-3-5-8-20)18-16(12)13(6-9-21)11-15(22)25-18;1-2/h10-11,21H,3-9H2,1-2H3;2H,1H3. The van der Waals surface area contributed by atoms with Crippen LogP contribution in [0.4, 0.5) is 0 Å². The summed E-state index contributed by atoms with van der Waals surface area (Å²) in [5.41, 5.74) is 1.54. The molecule has 1 aromatic heterocycles. The number of aliphatic hydroxyl groups is 2. The van der Waals surface area contributed by atoms with Crippen molar-refractivity contribution in [2.75, 3.05) is 33.9 Å². The summed E-state index contributed by atoms with van der Waals surface area (Å²) in [6, 6.07) is 3.17. The van der Waals surface area contributed by atoms with Crippen LogP contribution in [0.2, 0.25) is 0 Å². The van der Waals surface area contributed by atoms with E-state index in [0.717, 1.165) is 31.9 Å². The van der Waals surface area contributed by atoms with Crippen LogP contribution in [-0.4, -0.2) is 54.9 Å². The highest BCUT2D eigenvalue weighted by atomic mass is 16.5. The molecule has 7 nitrogen and oxygen atoms in total. The monoisotopic (exact) mass is 377 g/mol. The molecule has 0 saturated carbocycles. The van der Waals surface area contributed by atoms with Crippen molar-refractivity contribution in [3.8, 4) is 5.75 Å². The first-order valence-corrected chi connectivity index (χ1v) is 9.06. The fourth-order valence-corrected chi connectivity index (χ4v) is 3.54. The molecule has 27 heavy (non-hydrogen) atoms. The molecule has 7 heteroatoms. The molecule has 1 fully saturated rings. The first-order chi connectivity index (χ1) is 13.1. The summed E-state index contributed by atoms with van der Waals surface area (Å²) in [5, 5.41) is 17.0. The summed E-state index contributed by atoms with van der Waals surface area (Å²) >= 11 is 0. The van der Waals surface area contributed by atoms with E-state index in [1.54, 1.807) is 11.0 Å². The Morgan fingerprint density at radius 1 is 1.22 bits per heavy atom. The largest absolute Gasteiger partial charge is 0.496 e. The Bertz CT molecular complexity index is 852. The second-order valence-electron chi connectivity index (χ2n) is 6.39. The van der Waals surface area contributed by atoms with Crippen LogP contribution >= 0.6 is 0 Å². The lowest BCUT2D eigenvalue weighted by atomic mass is 9.97. The van der Waals surface area contributed by atoms with E-state index < -0.39 is 5.63 Å². The fourth-order valence-electron chi connectivity index (χ4n) is 3.54. The number of rotatable bonds is 4. The second kappa shape index (κ2) is 9.53. The van der Waals surface area contributed by atoms with E-state index in [0.29, 0.717) is 41.8 Å². The average Bonchev–Trinajstić information content (AvgIpc) is 2.69. The van der Waals surface area contributed by atoms with Crippen LogP contribution in [0.25, 0.3) is 11.0 Å². The summed E-state index contributed by atoms with van der Waals surface area (Å²) in [4.78, 5) is 26.9. The van der Waals surface area contributed by atoms with E-state index in [4.69, 9.17) is 14.3 Å². The number of benzene rings is 1. The van der Waals surface area contributed by atoms with Crippen LogP contribution in [0.3, 0.4) is 0 Å². The molecule has 2 aromatic rings. The molecule has 0 aliphatic carbocycles. The SMILES string of the molecule is CO.COc1cc(C)c2c(CCO)cc(=O)oc2c1C(=O)N1CCCCC1. The average molecular weight is 377 g/mol. The maximum Gasteiger partial charge on any atom is 0.336 e. The lowest BCUT2D eigenvalue weighted by Crippen LogP contribution is -2.36. The molecule has 148 valence electrons. The number of amides is 1. The maximum atomic E-state index is 13.1. The Morgan fingerprint density at radius 2 is 1.89 bits per heavy atom. The summed E-state index contributed by atoms with van der Waals surface area (Å²) < 4.78 is 10.9. The molecule has 1 aromatic carbocycles. The number of piperidine rings is 1. The van der Waals surface area contributed by atoms with Gasteiger partial charge in [-0.15, -0.1) is 0 Å². The highest BCUT2D eigenvalue weighted by molar-refractivity contribution is 6.08. The Balaban J connectivity index is 0.00000126. The molecule has 0 radical (unpaired) electrons. The van der Waals surface area contributed by atoms with E-state index in [1.165, 1.54) is 13.2 Å². The zero-order valence-corrected chi connectivity index (χ0v) is 16.1. The van der Waals surface area contributed by atoms with Crippen molar-refractivity contribution in [1.29, 1.82) is 0 Å². The van der Waals surface area contributed by atoms with Gasteiger partial charge >= 0.3 is 5.63 Å². The molecule has 0 bridgehead atoms. The lowest BCUT2D eigenvalue weighted by molar-refractivity contribution is 0.0721. The van der Waals surface area contributed by atoms with Crippen LogP contribution in [0.5, 0.6) is 5.75 Å². The van der Waals surface area contributed by atoms with Gasteiger partial charge in [0.25, 0.3) is 5.91 Å². The molecule has 2 N–H and O–H groups in total. The molecule has 1 aliphatic rings. The van der Waals surface area contributed by atoms with Crippen molar-refractivity contribution in [3.63, 3.8) is 0 Å². The highest BCUT2D eigenvalue weighted by Gasteiger charge is 2.27. The summed E-state index contributed by atoms with van der Waals surface area (Å²) in [7, 11) is 2.50. The lowest BCUT2D eigenvalue weighted by Gasteiger charge is -2.27. The van der Waals surface area contributed by atoms with E-state index in [9.17, 15) is 14.7 Å². The van der Waals surface area contributed by atoms with Crippen LogP contribution < -0.4 is 10.4 Å². The van der Waals surface area contributed by atoms with Crippen LogP contribution in [0.15, 0.2) is 21.3 Å². The van der Waals surface area contributed by atoms with Crippen molar-refractivity contribution < 1.29 is 24.2 Å². The van der Waals surface area contributed by atoms with Gasteiger partial charge in [0.15, 0.2) is 5.58 Å². The van der Waals surface area contributed by atoms with Crippen molar-refractivity contribution in [1.82, 2.24) is 4.90 Å². The smallest absolute Gasteiger partial charge is 0.336 e. The van der Waals surface area contributed by atoms with Gasteiger partial charge in [-0.2, -0.15) is 0 Å². The summed E-state index contributed by atoms with van der Waals surface area (Å²) in [5.74, 6) is 0.232. The van der Waals surface area contributed by atoms with E-state index >= 15 is 0 Å². The van der Waals surface area contributed by atoms with Gasteiger partial charge in [-0.25, -0.2) is 4.79 Å². The van der Waals surface area contributed by atoms with Crippen molar-refractivity contribution in [3.05, 3.63) is 39.2 Å². The van der Waals surface area contributed by atoms with E-state index in [-0.39, 0.29) is 18.1 Å². The van der Waals surface area contributed by atoms with Crippen LogP contribution in [0.1, 0.15) is 40.7 Å². The minimum atomic E-state index is -0.531. The Hall–Kier alpha value is -2.38. The number of fused-ring (bicyclic) bond motifs is 1. The topological polar surface area (TPSA) is 100 Å². The number of aryl methyl sites for hydroxylation is 1. The first-order valence-electron chi connectivity index (χ1n) is 9.06. The Kier molecular flexibility index (Phi) is 7.38. The summed E-state index contributed by atoms with van der Waals surface area (Å²) in [6.45, 7) is 3.18. The van der Waals surface area contributed by atoms with Crippen molar-refractivity contribution >= 4 is 16.9 Å². The normalized spacial score (nSPS) is 13.9. The second-order valence-corrected chi connectivity index (χ2v) is 6.39. The molecular formula is C20H27NO6. The maximum absolute atomic E-state index is 13.1. The minimum Gasteiger partial charge on any atom is -0.496 e. The van der Waals surface area contributed by atoms with E-state index in [2.05, 4.69) is 0 Å². The predicted molar refractivity (Wildman–Crippen MR) is 102 cm³/mol. The number of methoxy groups -OCH3 is 1. The minimum absolute atomic E-state index is 0.0839. The summed E-state index contributed by atoms with van der Waals surface area (Å²) in [6.07, 6.45) is 3.38. The molecular weight excluding hydrogens is 350 g/mol. The quantitative estimate of drug-likeness (QED) is 0.789. The van der Waals surface area contributed by atoms with E-state index in [1.807, 2.05) is 6.92 Å². The van der Waals surface area contributed by atoms with Crippen LogP contribution in [0, 0.1) is 6.92 Å². The Labute approximate surface area is 158 Å². The van der Waals surface area contributed by atoms with Crippen molar-refractivity contribution in [2.45, 2.75) is 32.6 Å². The van der Waals surface area contributed by atoms with Gasteiger partial charge in [0.1, 0.15) is 11.3 Å². The molecule has 0 spiro atoms. The number of likely N-dealkylation sites (tertiary alicyclic amines) is 1. The third-order valence-corrected chi connectivity index (χ3v) is 4.72. The number of aliphatic hydroxyl groups excluding tert-OH is 2. The molecule has 2 heterocycles. The molecule has 1 amide bonds. The van der Waals surface area contributed by atoms with Crippen LogP contribution in [-0.2, 0) is 6.42 Å². The van der Waals surface area contributed by atoms with Gasteiger partial charge in [0.05, 0.1) is 7.11 Å². The molecule has 0 unspecified atom stereocenters. The molecule has 3 rings (SSSR count). The van der Waals surface area contributed by atoms with Gasteiger partial charge in [-0.1, -0.05) is 0 Å². The van der Waals surface area contributed by atoms with Gasteiger partial charge in [0, 0.05) is 38.3 Å². The van der Waals surface area contributed by atoms with Gasteiger partial charge < -0.3 is 24.3 Å². The zero-order valence-electron chi connectivity index (χ0n) is 16.1. The highest BCUT2D eigenvalue weighted by Crippen LogP contribution is 2.34. The van der Waals surface area contributed by atoms with Gasteiger partial charge in [-0.3, -0.25) is 4.79 Å². The number of nitrogens with zero attached hydrogens (tertiary/aromatic N) is 1. The zero-order chi connectivity index (χ0) is 20.0. The predicted octanol–water partition coefficient (Wildman–Crippen LogP) is 1.88. The third-order valence-electron chi connectivity index (χ3n) is 4.72. The first kappa shape index (κ1) is 20.9. The van der Waals surface area contributed by atoms with Crippen molar-refractivity contribution in [2.24, 2.45) is 0 Å². The number of carbonyl (C=O) groups is 1. The number of carbonyl (C=O) groups excluding carboxylic acids is 1. The molecule has 1 aliphatic heterocycles. The number of hydrogen-bond acceptors (Lipinski definition) is 6. The third kappa shape index (κ3) is 4.31. The van der Waals surface area contributed by atoms with Gasteiger partial charge in [0.2, 0.25) is 0 Å². The fraction of sp³-hybridized carbons (Fsp3) is 0.500. The molecule has 1 saturated heterocycles. The Morgan fingerprint density at radius 3 is 2.48 bits per heavy atom. The number of hydrogen-bond donors (Lipinski definition) is 2. The molecule has 0 atom stereocenters. The van der Waals surface area contributed by atoms with Gasteiger partial charge in [-0.05, 0) is 49.8 Å². The number of ether oxygens (including phenoxy) is 1.